The highest BCUT2D eigenvalue weighted by molar-refractivity contribution is 9.11. The van der Waals surface area contributed by atoms with Crippen LogP contribution in [0.4, 0.5) is 10.1 Å². The first-order chi connectivity index (χ1) is 12.3. The van der Waals surface area contributed by atoms with E-state index in [9.17, 15) is 19.1 Å². The van der Waals surface area contributed by atoms with Gasteiger partial charge in [0, 0.05) is 28.6 Å². The molecule has 2 rings (SSSR count). The summed E-state index contributed by atoms with van der Waals surface area (Å²) in [4.78, 5) is 23.5. The lowest BCUT2D eigenvalue weighted by atomic mass is 10.2. The van der Waals surface area contributed by atoms with Gasteiger partial charge in [-0.15, -0.1) is 0 Å². The van der Waals surface area contributed by atoms with Gasteiger partial charge in [-0.3, -0.25) is 9.59 Å². The SMILES string of the molecule is O=C(CCC(=O)Nc1ccc(F)cc1)NN=Cc1cc(Br)cc(Br)c1O. The zero-order chi connectivity index (χ0) is 19.1. The molecule has 9 heteroatoms. The molecule has 0 heterocycles. The second-order valence-corrected chi connectivity index (χ2v) is 6.94. The summed E-state index contributed by atoms with van der Waals surface area (Å²) in [5.74, 6) is -1.23. The Bertz CT molecular complexity index is 842. The van der Waals surface area contributed by atoms with E-state index in [1.54, 1.807) is 12.1 Å². The molecule has 136 valence electrons. The number of amides is 2. The van der Waals surface area contributed by atoms with Crippen LogP contribution in [0.3, 0.4) is 0 Å². The number of nitrogens with zero attached hydrogens (tertiary/aromatic N) is 1. The zero-order valence-corrected chi connectivity index (χ0v) is 16.5. The maximum atomic E-state index is 12.8. The summed E-state index contributed by atoms with van der Waals surface area (Å²) < 4.78 is 14.0. The van der Waals surface area contributed by atoms with Crippen LogP contribution >= 0.6 is 31.9 Å². The summed E-state index contributed by atoms with van der Waals surface area (Å²) in [6.07, 6.45) is 1.17. The van der Waals surface area contributed by atoms with Crippen molar-refractivity contribution in [1.29, 1.82) is 0 Å². The van der Waals surface area contributed by atoms with Crippen molar-refractivity contribution in [3.63, 3.8) is 0 Å². The number of hydrazone groups is 1. The minimum Gasteiger partial charge on any atom is -0.506 e. The van der Waals surface area contributed by atoms with Crippen molar-refractivity contribution >= 4 is 55.6 Å². The topological polar surface area (TPSA) is 90.8 Å². The molecule has 0 saturated carbocycles. The molecule has 0 aliphatic heterocycles. The lowest BCUT2D eigenvalue weighted by molar-refractivity contribution is -0.124. The van der Waals surface area contributed by atoms with E-state index in [1.807, 2.05) is 0 Å². The number of benzene rings is 2. The third-order valence-electron chi connectivity index (χ3n) is 3.16. The Labute approximate surface area is 165 Å². The van der Waals surface area contributed by atoms with Crippen molar-refractivity contribution in [2.24, 2.45) is 5.10 Å². The van der Waals surface area contributed by atoms with Crippen LogP contribution < -0.4 is 10.7 Å². The highest BCUT2D eigenvalue weighted by Gasteiger charge is 2.08. The Kier molecular flexibility index (Phi) is 7.28. The first-order valence-corrected chi connectivity index (χ1v) is 8.99. The molecule has 6 nitrogen and oxygen atoms in total. The summed E-state index contributed by atoms with van der Waals surface area (Å²) in [5, 5.41) is 16.2. The Morgan fingerprint density at radius 1 is 1.12 bits per heavy atom. The Hall–Kier alpha value is -2.26. The standard InChI is InChI=1S/C17H14Br2FN3O3/c18-11-7-10(17(26)14(19)8-11)9-21-23-16(25)6-5-15(24)22-13-3-1-12(20)2-4-13/h1-4,7-9,26H,5-6H2,(H,22,24)(H,23,25). The van der Waals surface area contributed by atoms with Gasteiger partial charge < -0.3 is 10.4 Å². The first-order valence-electron chi connectivity index (χ1n) is 7.40. The van der Waals surface area contributed by atoms with Crippen LogP contribution in [0.1, 0.15) is 18.4 Å². The van der Waals surface area contributed by atoms with Crippen molar-refractivity contribution in [3.8, 4) is 5.75 Å². The second-order valence-electron chi connectivity index (χ2n) is 5.17. The van der Waals surface area contributed by atoms with Crippen molar-refractivity contribution in [2.45, 2.75) is 12.8 Å². The van der Waals surface area contributed by atoms with E-state index >= 15 is 0 Å². The molecule has 2 aromatic rings. The minimum absolute atomic E-state index is 0.00938. The summed E-state index contributed by atoms with van der Waals surface area (Å²) >= 11 is 6.48. The van der Waals surface area contributed by atoms with Gasteiger partial charge in [0.1, 0.15) is 11.6 Å². The number of hydrogen-bond donors (Lipinski definition) is 3. The average molecular weight is 487 g/mol. The van der Waals surface area contributed by atoms with Crippen molar-refractivity contribution < 1.29 is 19.1 Å². The van der Waals surface area contributed by atoms with E-state index in [-0.39, 0.29) is 24.5 Å². The maximum absolute atomic E-state index is 12.8. The fourth-order valence-electron chi connectivity index (χ4n) is 1.90. The van der Waals surface area contributed by atoms with Crippen LogP contribution in [0.2, 0.25) is 0 Å². The molecule has 2 amide bonds. The molecule has 0 aliphatic carbocycles. The summed E-state index contributed by atoms with van der Waals surface area (Å²) in [6, 6.07) is 8.62. The second kappa shape index (κ2) is 9.44. The minimum atomic E-state index is -0.455. The van der Waals surface area contributed by atoms with Crippen LogP contribution in [0.5, 0.6) is 5.75 Å². The highest BCUT2D eigenvalue weighted by atomic mass is 79.9. The molecular formula is C17H14Br2FN3O3. The number of halogens is 3. The van der Waals surface area contributed by atoms with Gasteiger partial charge in [0.2, 0.25) is 11.8 Å². The Balaban J connectivity index is 1.80. The number of anilines is 1. The van der Waals surface area contributed by atoms with Crippen LogP contribution in [0, 0.1) is 5.82 Å². The number of aromatic hydroxyl groups is 1. The van der Waals surface area contributed by atoms with Gasteiger partial charge in [0.05, 0.1) is 10.7 Å². The van der Waals surface area contributed by atoms with E-state index in [0.29, 0.717) is 15.7 Å². The van der Waals surface area contributed by atoms with E-state index in [0.717, 1.165) is 4.47 Å². The van der Waals surface area contributed by atoms with Gasteiger partial charge in [-0.1, -0.05) is 15.9 Å². The van der Waals surface area contributed by atoms with Crippen LogP contribution in [0.25, 0.3) is 0 Å². The quantitative estimate of drug-likeness (QED) is 0.427. The molecule has 2 aromatic carbocycles. The molecule has 26 heavy (non-hydrogen) atoms. The first kappa shape index (κ1) is 20.1. The Morgan fingerprint density at radius 2 is 1.77 bits per heavy atom. The number of phenolic OH excluding ortho intramolecular Hbond substituents is 1. The van der Waals surface area contributed by atoms with Gasteiger partial charge in [0.15, 0.2) is 0 Å². The van der Waals surface area contributed by atoms with E-state index < -0.39 is 11.7 Å². The summed E-state index contributed by atoms with van der Waals surface area (Å²) in [5.41, 5.74) is 3.14. The number of nitrogens with one attached hydrogen (secondary N) is 2. The van der Waals surface area contributed by atoms with Crippen molar-refractivity contribution in [1.82, 2.24) is 5.43 Å². The van der Waals surface area contributed by atoms with Crippen LogP contribution in [-0.4, -0.2) is 23.1 Å². The molecule has 0 aliphatic rings. The van der Waals surface area contributed by atoms with E-state index in [4.69, 9.17) is 0 Å². The molecular weight excluding hydrogens is 473 g/mol. The lowest BCUT2D eigenvalue weighted by Gasteiger charge is -2.05. The molecule has 0 bridgehead atoms. The normalized spacial score (nSPS) is 10.7. The van der Waals surface area contributed by atoms with Crippen LogP contribution in [-0.2, 0) is 9.59 Å². The predicted octanol–water partition coefficient (Wildman–Crippen LogP) is 3.93. The number of carbonyl (C=O) groups is 2. The largest absolute Gasteiger partial charge is 0.506 e. The fraction of sp³-hybridized carbons (Fsp3) is 0.118. The van der Waals surface area contributed by atoms with Gasteiger partial charge in [-0.2, -0.15) is 5.10 Å². The number of hydrogen-bond acceptors (Lipinski definition) is 4. The smallest absolute Gasteiger partial charge is 0.240 e. The van der Waals surface area contributed by atoms with Crippen LogP contribution in [0.15, 0.2) is 50.4 Å². The highest BCUT2D eigenvalue weighted by Crippen LogP contribution is 2.30. The molecule has 0 unspecified atom stereocenters. The lowest BCUT2D eigenvalue weighted by Crippen LogP contribution is -2.20. The predicted molar refractivity (Wildman–Crippen MR) is 104 cm³/mol. The van der Waals surface area contributed by atoms with Gasteiger partial charge in [0.25, 0.3) is 0 Å². The zero-order valence-electron chi connectivity index (χ0n) is 13.3. The third-order valence-corrected chi connectivity index (χ3v) is 4.22. The molecule has 0 atom stereocenters. The summed E-state index contributed by atoms with van der Waals surface area (Å²) in [7, 11) is 0. The molecule has 0 aromatic heterocycles. The van der Waals surface area contributed by atoms with Gasteiger partial charge >= 0.3 is 0 Å². The maximum Gasteiger partial charge on any atom is 0.240 e. The number of rotatable bonds is 6. The van der Waals surface area contributed by atoms with E-state index in [2.05, 4.69) is 47.7 Å². The van der Waals surface area contributed by atoms with E-state index in [1.165, 1.54) is 30.5 Å². The average Bonchev–Trinajstić information content (AvgIpc) is 2.59. The molecule has 0 radical (unpaired) electrons. The summed E-state index contributed by atoms with van der Waals surface area (Å²) in [6.45, 7) is 0. The fourth-order valence-corrected chi connectivity index (χ4v) is 3.16. The van der Waals surface area contributed by atoms with Gasteiger partial charge in [-0.05, 0) is 52.3 Å². The Morgan fingerprint density at radius 3 is 2.46 bits per heavy atom. The molecule has 0 spiro atoms. The van der Waals surface area contributed by atoms with Crippen molar-refractivity contribution in [3.05, 3.63) is 56.7 Å². The van der Waals surface area contributed by atoms with Gasteiger partial charge in [-0.25, -0.2) is 9.82 Å². The monoisotopic (exact) mass is 485 g/mol. The molecule has 3 N–H and O–H groups in total. The molecule has 0 saturated heterocycles. The van der Waals surface area contributed by atoms with Crippen molar-refractivity contribution in [2.75, 3.05) is 5.32 Å². The number of carbonyl (C=O) groups excluding carboxylic acids is 2. The third kappa shape index (κ3) is 6.23. The molecule has 0 fully saturated rings. The number of phenols is 1.